The molecule has 1 N–H and O–H groups in total. The lowest BCUT2D eigenvalue weighted by molar-refractivity contribution is 0.251. The molecule has 0 aromatic heterocycles. The first-order valence-electron chi connectivity index (χ1n) is 6.35. The molecule has 0 saturated carbocycles. The molecule has 1 unspecified atom stereocenters. The Balaban J connectivity index is 2.44. The molecule has 1 aromatic carbocycles. The molecule has 0 radical (unpaired) electrons. The SMILES string of the molecule is CCCNC(C)COc1ccccc1OCC. The van der Waals surface area contributed by atoms with Crippen LogP contribution in [-0.2, 0) is 0 Å². The number of benzene rings is 1. The van der Waals surface area contributed by atoms with Gasteiger partial charge in [-0.1, -0.05) is 19.1 Å². The van der Waals surface area contributed by atoms with E-state index in [4.69, 9.17) is 9.47 Å². The van der Waals surface area contributed by atoms with E-state index < -0.39 is 0 Å². The molecule has 0 heterocycles. The van der Waals surface area contributed by atoms with Crippen molar-refractivity contribution in [1.29, 1.82) is 0 Å². The van der Waals surface area contributed by atoms with Crippen LogP contribution in [0.25, 0.3) is 0 Å². The minimum absolute atomic E-state index is 0.352. The van der Waals surface area contributed by atoms with Gasteiger partial charge in [-0.3, -0.25) is 0 Å². The Morgan fingerprint density at radius 3 is 2.35 bits per heavy atom. The average Bonchev–Trinajstić information content (AvgIpc) is 2.35. The van der Waals surface area contributed by atoms with Crippen LogP contribution < -0.4 is 14.8 Å². The van der Waals surface area contributed by atoms with Crippen molar-refractivity contribution < 1.29 is 9.47 Å². The van der Waals surface area contributed by atoms with Gasteiger partial charge < -0.3 is 14.8 Å². The maximum Gasteiger partial charge on any atom is 0.161 e. The van der Waals surface area contributed by atoms with Crippen molar-refractivity contribution in [3.05, 3.63) is 24.3 Å². The lowest BCUT2D eigenvalue weighted by atomic mass is 10.3. The van der Waals surface area contributed by atoms with Crippen molar-refractivity contribution in [3.8, 4) is 11.5 Å². The number of hydrogen-bond donors (Lipinski definition) is 1. The summed E-state index contributed by atoms with van der Waals surface area (Å²) in [6, 6.07) is 8.14. The van der Waals surface area contributed by atoms with Crippen LogP contribution in [0.15, 0.2) is 24.3 Å². The third-order valence-corrected chi connectivity index (χ3v) is 2.38. The Bertz CT molecular complexity index is 315. The van der Waals surface area contributed by atoms with Gasteiger partial charge in [-0.05, 0) is 38.9 Å². The smallest absolute Gasteiger partial charge is 0.161 e. The van der Waals surface area contributed by atoms with Gasteiger partial charge in [0.25, 0.3) is 0 Å². The van der Waals surface area contributed by atoms with Gasteiger partial charge in [0.15, 0.2) is 11.5 Å². The molecule has 3 heteroatoms. The minimum atomic E-state index is 0.352. The first kappa shape index (κ1) is 13.8. The van der Waals surface area contributed by atoms with E-state index in [2.05, 4.69) is 19.2 Å². The maximum atomic E-state index is 5.76. The zero-order valence-corrected chi connectivity index (χ0v) is 11.0. The fraction of sp³-hybridized carbons (Fsp3) is 0.571. The molecule has 0 spiro atoms. The summed E-state index contributed by atoms with van der Waals surface area (Å²) in [6.45, 7) is 8.60. The van der Waals surface area contributed by atoms with Crippen LogP contribution in [0, 0.1) is 0 Å². The topological polar surface area (TPSA) is 30.5 Å². The molecule has 0 fully saturated rings. The normalized spacial score (nSPS) is 12.2. The van der Waals surface area contributed by atoms with Crippen LogP contribution in [0.1, 0.15) is 27.2 Å². The summed E-state index contributed by atoms with van der Waals surface area (Å²) in [7, 11) is 0. The molecule has 0 amide bonds. The maximum absolute atomic E-state index is 5.76. The van der Waals surface area contributed by atoms with Gasteiger partial charge in [0.1, 0.15) is 6.61 Å². The Morgan fingerprint density at radius 1 is 1.12 bits per heavy atom. The molecular weight excluding hydrogens is 214 g/mol. The second-order valence-corrected chi connectivity index (χ2v) is 4.05. The summed E-state index contributed by atoms with van der Waals surface area (Å²) in [5.41, 5.74) is 0. The van der Waals surface area contributed by atoms with Crippen LogP contribution in [0.4, 0.5) is 0 Å². The lowest BCUT2D eigenvalue weighted by Crippen LogP contribution is -2.32. The Morgan fingerprint density at radius 2 is 1.76 bits per heavy atom. The third-order valence-electron chi connectivity index (χ3n) is 2.38. The quantitative estimate of drug-likeness (QED) is 0.754. The molecule has 0 aliphatic heterocycles. The highest BCUT2D eigenvalue weighted by atomic mass is 16.5. The van der Waals surface area contributed by atoms with Gasteiger partial charge in [0.05, 0.1) is 6.61 Å². The molecule has 1 atom stereocenters. The fourth-order valence-electron chi connectivity index (χ4n) is 1.51. The number of hydrogen-bond acceptors (Lipinski definition) is 3. The highest BCUT2D eigenvalue weighted by molar-refractivity contribution is 5.39. The standard InChI is InChI=1S/C14H23NO2/c1-4-10-15-12(3)11-17-14-9-7-6-8-13(14)16-5-2/h6-9,12,15H,4-5,10-11H2,1-3H3. The van der Waals surface area contributed by atoms with E-state index in [1.165, 1.54) is 0 Å². The number of rotatable bonds is 8. The predicted molar refractivity (Wildman–Crippen MR) is 70.9 cm³/mol. The van der Waals surface area contributed by atoms with Crippen LogP contribution >= 0.6 is 0 Å². The van der Waals surface area contributed by atoms with Crippen molar-refractivity contribution in [1.82, 2.24) is 5.32 Å². The van der Waals surface area contributed by atoms with E-state index in [1.54, 1.807) is 0 Å². The summed E-state index contributed by atoms with van der Waals surface area (Å²) >= 11 is 0. The summed E-state index contributed by atoms with van der Waals surface area (Å²) in [4.78, 5) is 0. The van der Waals surface area contributed by atoms with Crippen LogP contribution in [0.5, 0.6) is 11.5 Å². The van der Waals surface area contributed by atoms with E-state index in [0.717, 1.165) is 24.5 Å². The summed E-state index contributed by atoms with van der Waals surface area (Å²) in [5, 5.41) is 3.39. The van der Waals surface area contributed by atoms with Crippen molar-refractivity contribution in [2.24, 2.45) is 0 Å². The van der Waals surface area contributed by atoms with Gasteiger partial charge in [0, 0.05) is 6.04 Å². The predicted octanol–water partition coefficient (Wildman–Crippen LogP) is 2.85. The fourth-order valence-corrected chi connectivity index (χ4v) is 1.51. The van der Waals surface area contributed by atoms with Gasteiger partial charge >= 0.3 is 0 Å². The first-order valence-corrected chi connectivity index (χ1v) is 6.35. The molecule has 96 valence electrons. The Hall–Kier alpha value is -1.22. The van der Waals surface area contributed by atoms with Crippen LogP contribution in [-0.4, -0.2) is 25.8 Å². The van der Waals surface area contributed by atoms with E-state index >= 15 is 0 Å². The summed E-state index contributed by atoms with van der Waals surface area (Å²) < 4.78 is 11.3. The molecule has 1 rings (SSSR count). The highest BCUT2D eigenvalue weighted by Gasteiger charge is 2.06. The average molecular weight is 237 g/mol. The Labute approximate surface area is 104 Å². The van der Waals surface area contributed by atoms with Gasteiger partial charge in [0.2, 0.25) is 0 Å². The summed E-state index contributed by atoms with van der Waals surface area (Å²) in [6.07, 6.45) is 1.14. The van der Waals surface area contributed by atoms with Gasteiger partial charge in [-0.25, -0.2) is 0 Å². The molecule has 3 nitrogen and oxygen atoms in total. The van der Waals surface area contributed by atoms with Crippen molar-refractivity contribution in [3.63, 3.8) is 0 Å². The first-order chi connectivity index (χ1) is 8.27. The number of para-hydroxylation sites is 2. The number of nitrogens with one attached hydrogen (secondary N) is 1. The molecule has 17 heavy (non-hydrogen) atoms. The minimum Gasteiger partial charge on any atom is -0.490 e. The largest absolute Gasteiger partial charge is 0.490 e. The molecule has 0 saturated heterocycles. The molecule has 0 aliphatic carbocycles. The molecule has 0 bridgehead atoms. The van der Waals surface area contributed by atoms with Crippen LogP contribution in [0.2, 0.25) is 0 Å². The van der Waals surface area contributed by atoms with E-state index in [1.807, 2.05) is 31.2 Å². The second kappa shape index (κ2) is 7.96. The lowest BCUT2D eigenvalue weighted by Gasteiger charge is -2.16. The van der Waals surface area contributed by atoms with Crippen molar-refractivity contribution in [2.75, 3.05) is 19.8 Å². The van der Waals surface area contributed by atoms with Gasteiger partial charge in [-0.2, -0.15) is 0 Å². The number of ether oxygens (including phenoxy) is 2. The molecular formula is C14H23NO2. The van der Waals surface area contributed by atoms with Gasteiger partial charge in [-0.15, -0.1) is 0 Å². The molecule has 0 aliphatic rings. The zero-order chi connectivity index (χ0) is 12.5. The van der Waals surface area contributed by atoms with E-state index in [9.17, 15) is 0 Å². The summed E-state index contributed by atoms with van der Waals surface area (Å²) in [5.74, 6) is 1.64. The van der Waals surface area contributed by atoms with E-state index in [0.29, 0.717) is 19.3 Å². The molecule has 1 aromatic rings. The zero-order valence-electron chi connectivity index (χ0n) is 11.0. The Kier molecular flexibility index (Phi) is 6.48. The second-order valence-electron chi connectivity index (χ2n) is 4.05. The van der Waals surface area contributed by atoms with Crippen molar-refractivity contribution in [2.45, 2.75) is 33.2 Å². The van der Waals surface area contributed by atoms with Crippen molar-refractivity contribution >= 4 is 0 Å². The monoisotopic (exact) mass is 237 g/mol. The van der Waals surface area contributed by atoms with Crippen LogP contribution in [0.3, 0.4) is 0 Å². The van der Waals surface area contributed by atoms with E-state index in [-0.39, 0.29) is 0 Å². The highest BCUT2D eigenvalue weighted by Crippen LogP contribution is 2.26. The third kappa shape index (κ3) is 5.09.